The third-order valence-corrected chi connectivity index (χ3v) is 4.07. The van der Waals surface area contributed by atoms with Gasteiger partial charge in [0, 0.05) is 31.1 Å². The van der Waals surface area contributed by atoms with Crippen LogP contribution in [0.5, 0.6) is 0 Å². The van der Waals surface area contributed by atoms with Crippen LogP contribution in [0.4, 0.5) is 0 Å². The average molecular weight is 253 g/mol. The molecule has 3 heteroatoms. The summed E-state index contributed by atoms with van der Waals surface area (Å²) in [5, 5.41) is 3.53. The zero-order valence-corrected chi connectivity index (χ0v) is 11.2. The van der Waals surface area contributed by atoms with Gasteiger partial charge in [-0.25, -0.2) is 0 Å². The second-order valence-corrected chi connectivity index (χ2v) is 5.13. The Balaban J connectivity index is 1.73. The number of halogens is 1. The Morgan fingerprint density at radius 3 is 2.59 bits per heavy atom. The lowest BCUT2D eigenvalue weighted by atomic mass is 10.2. The Kier molecular flexibility index (Phi) is 4.84. The highest BCUT2D eigenvalue weighted by Crippen LogP contribution is 2.22. The predicted octanol–water partition coefficient (Wildman–Crippen LogP) is 2.48. The normalized spacial score (nSPS) is 25.3. The zero-order valence-electron chi connectivity index (χ0n) is 10.4. The van der Waals surface area contributed by atoms with Crippen molar-refractivity contribution in [1.82, 2.24) is 10.2 Å². The molecule has 1 saturated heterocycles. The lowest BCUT2D eigenvalue weighted by molar-refractivity contribution is 0.249. The monoisotopic (exact) mass is 252 g/mol. The van der Waals surface area contributed by atoms with Crippen LogP contribution < -0.4 is 5.32 Å². The fraction of sp³-hybridized carbons (Fsp3) is 0.571. The number of hydrogen-bond acceptors (Lipinski definition) is 2. The zero-order chi connectivity index (χ0) is 12.1. The molecule has 17 heavy (non-hydrogen) atoms. The molecule has 2 unspecified atom stereocenters. The Morgan fingerprint density at radius 2 is 1.94 bits per heavy atom. The minimum atomic E-state index is 0.570. The SMILES string of the molecule is CN1C(CCl)CCC1CNCc1ccccc1. The Morgan fingerprint density at radius 1 is 1.24 bits per heavy atom. The van der Waals surface area contributed by atoms with E-state index in [2.05, 4.69) is 47.6 Å². The molecule has 1 aliphatic rings. The number of alkyl halides is 1. The van der Waals surface area contributed by atoms with E-state index in [4.69, 9.17) is 11.6 Å². The highest BCUT2D eigenvalue weighted by atomic mass is 35.5. The van der Waals surface area contributed by atoms with Gasteiger partial charge in [-0.15, -0.1) is 11.6 Å². The van der Waals surface area contributed by atoms with Crippen molar-refractivity contribution in [3.05, 3.63) is 35.9 Å². The maximum atomic E-state index is 5.94. The summed E-state index contributed by atoms with van der Waals surface area (Å²) in [7, 11) is 2.19. The summed E-state index contributed by atoms with van der Waals surface area (Å²) >= 11 is 5.94. The average Bonchev–Trinajstić information content (AvgIpc) is 2.72. The number of likely N-dealkylation sites (N-methyl/N-ethyl adjacent to an activating group) is 1. The molecular formula is C14H21ClN2. The first-order chi connectivity index (χ1) is 8.31. The van der Waals surface area contributed by atoms with Crippen LogP contribution in [0.3, 0.4) is 0 Å². The summed E-state index contributed by atoms with van der Waals surface area (Å²) < 4.78 is 0. The Labute approximate surface area is 109 Å². The van der Waals surface area contributed by atoms with Gasteiger partial charge < -0.3 is 5.32 Å². The topological polar surface area (TPSA) is 15.3 Å². The van der Waals surface area contributed by atoms with Gasteiger partial charge in [0.05, 0.1) is 0 Å². The first-order valence-electron chi connectivity index (χ1n) is 6.34. The molecule has 1 N–H and O–H groups in total. The molecule has 1 heterocycles. The van der Waals surface area contributed by atoms with Crippen molar-refractivity contribution < 1.29 is 0 Å². The maximum absolute atomic E-state index is 5.94. The number of rotatable bonds is 5. The summed E-state index contributed by atoms with van der Waals surface area (Å²) in [6.07, 6.45) is 2.49. The van der Waals surface area contributed by atoms with Crippen LogP contribution >= 0.6 is 11.6 Å². The molecule has 1 aromatic rings. The third-order valence-electron chi connectivity index (χ3n) is 3.72. The highest BCUT2D eigenvalue weighted by molar-refractivity contribution is 6.18. The van der Waals surface area contributed by atoms with Gasteiger partial charge in [-0.3, -0.25) is 4.90 Å². The standard InChI is InChI=1S/C14H21ClN2/c1-17-13(9-15)7-8-14(17)11-16-10-12-5-3-2-4-6-12/h2-6,13-14,16H,7-11H2,1H3. The molecule has 0 saturated carbocycles. The number of likely N-dealkylation sites (tertiary alicyclic amines) is 1. The Bertz CT molecular complexity index is 328. The van der Waals surface area contributed by atoms with Gasteiger partial charge in [-0.2, -0.15) is 0 Å². The number of nitrogens with one attached hydrogen (secondary N) is 1. The fourth-order valence-corrected chi connectivity index (χ4v) is 2.87. The lowest BCUT2D eigenvalue weighted by Crippen LogP contribution is -2.39. The lowest BCUT2D eigenvalue weighted by Gasteiger charge is -2.24. The second kappa shape index (κ2) is 6.39. The van der Waals surface area contributed by atoms with E-state index in [1.807, 2.05) is 0 Å². The van der Waals surface area contributed by atoms with Crippen molar-refractivity contribution in [2.75, 3.05) is 19.5 Å². The smallest absolute Gasteiger partial charge is 0.0379 e. The summed E-state index contributed by atoms with van der Waals surface area (Å²) in [4.78, 5) is 2.42. The van der Waals surface area contributed by atoms with Crippen molar-refractivity contribution in [3.63, 3.8) is 0 Å². The van der Waals surface area contributed by atoms with Crippen molar-refractivity contribution in [2.24, 2.45) is 0 Å². The van der Waals surface area contributed by atoms with Crippen LogP contribution in [0.25, 0.3) is 0 Å². The third kappa shape index (κ3) is 3.44. The Hall–Kier alpha value is -0.570. The van der Waals surface area contributed by atoms with E-state index >= 15 is 0 Å². The van der Waals surface area contributed by atoms with Gasteiger partial charge in [-0.1, -0.05) is 30.3 Å². The van der Waals surface area contributed by atoms with E-state index in [0.717, 1.165) is 19.0 Å². The van der Waals surface area contributed by atoms with Gasteiger partial charge in [-0.05, 0) is 25.5 Å². The van der Waals surface area contributed by atoms with E-state index in [1.54, 1.807) is 0 Å². The van der Waals surface area contributed by atoms with Crippen LogP contribution in [0, 0.1) is 0 Å². The van der Waals surface area contributed by atoms with Gasteiger partial charge in [0.15, 0.2) is 0 Å². The molecule has 2 rings (SSSR count). The van der Waals surface area contributed by atoms with Crippen molar-refractivity contribution >= 4 is 11.6 Å². The molecule has 94 valence electrons. The van der Waals surface area contributed by atoms with Crippen LogP contribution in [-0.4, -0.2) is 36.5 Å². The number of benzene rings is 1. The molecule has 0 spiro atoms. The van der Waals surface area contributed by atoms with Crippen LogP contribution in [-0.2, 0) is 6.54 Å². The molecule has 2 atom stereocenters. The summed E-state index contributed by atoms with van der Waals surface area (Å²) in [6, 6.07) is 11.8. The summed E-state index contributed by atoms with van der Waals surface area (Å²) in [5.74, 6) is 0.756. The molecule has 1 fully saturated rings. The second-order valence-electron chi connectivity index (χ2n) is 4.82. The van der Waals surface area contributed by atoms with Crippen molar-refractivity contribution in [1.29, 1.82) is 0 Å². The van der Waals surface area contributed by atoms with Gasteiger partial charge in [0.1, 0.15) is 0 Å². The van der Waals surface area contributed by atoms with E-state index in [-0.39, 0.29) is 0 Å². The molecule has 0 amide bonds. The van der Waals surface area contributed by atoms with Gasteiger partial charge >= 0.3 is 0 Å². The molecule has 0 aliphatic carbocycles. The largest absolute Gasteiger partial charge is 0.311 e. The molecule has 0 aromatic heterocycles. The van der Waals surface area contributed by atoms with Gasteiger partial charge in [0.25, 0.3) is 0 Å². The first-order valence-corrected chi connectivity index (χ1v) is 6.87. The van der Waals surface area contributed by atoms with E-state index < -0.39 is 0 Å². The molecule has 0 radical (unpaired) electrons. The molecule has 1 aromatic carbocycles. The van der Waals surface area contributed by atoms with Crippen LogP contribution in [0.15, 0.2) is 30.3 Å². The quantitative estimate of drug-likeness (QED) is 0.810. The summed E-state index contributed by atoms with van der Waals surface area (Å²) in [6.45, 7) is 2.01. The van der Waals surface area contributed by atoms with Crippen LogP contribution in [0.1, 0.15) is 18.4 Å². The number of nitrogens with zero attached hydrogens (tertiary/aromatic N) is 1. The minimum Gasteiger partial charge on any atom is -0.311 e. The maximum Gasteiger partial charge on any atom is 0.0379 e. The van der Waals surface area contributed by atoms with E-state index in [0.29, 0.717) is 12.1 Å². The van der Waals surface area contributed by atoms with Crippen molar-refractivity contribution in [3.8, 4) is 0 Å². The minimum absolute atomic E-state index is 0.570. The van der Waals surface area contributed by atoms with Gasteiger partial charge in [0.2, 0.25) is 0 Å². The molecule has 0 bridgehead atoms. The van der Waals surface area contributed by atoms with E-state index in [9.17, 15) is 0 Å². The van der Waals surface area contributed by atoms with Crippen LogP contribution in [0.2, 0.25) is 0 Å². The first kappa shape index (κ1) is 12.9. The highest BCUT2D eigenvalue weighted by Gasteiger charge is 2.28. The fourth-order valence-electron chi connectivity index (χ4n) is 2.50. The number of hydrogen-bond donors (Lipinski definition) is 1. The summed E-state index contributed by atoms with van der Waals surface area (Å²) in [5.41, 5.74) is 1.35. The molecule has 1 aliphatic heterocycles. The van der Waals surface area contributed by atoms with E-state index in [1.165, 1.54) is 18.4 Å². The predicted molar refractivity (Wildman–Crippen MR) is 73.4 cm³/mol. The van der Waals surface area contributed by atoms with Crippen molar-refractivity contribution in [2.45, 2.75) is 31.5 Å². The molecule has 2 nitrogen and oxygen atoms in total. The molecular weight excluding hydrogens is 232 g/mol.